The minimum atomic E-state index is 1.16. The first kappa shape index (κ1) is 43.2. The van der Waals surface area contributed by atoms with Crippen molar-refractivity contribution in [3.05, 3.63) is 296 Å². The van der Waals surface area contributed by atoms with E-state index in [4.69, 9.17) is 0 Å². The first-order chi connectivity index (χ1) is 32.4. The molecule has 0 saturated heterocycles. The van der Waals surface area contributed by atoms with Crippen molar-refractivity contribution in [1.82, 2.24) is 0 Å². The lowest BCUT2D eigenvalue weighted by atomic mass is 9.88. The molecule has 318 valence electrons. The molecule has 9 rings (SSSR count). The molecule has 0 unspecified atom stereocenters. The molecule has 0 aliphatic heterocycles. The molecule has 0 heteroatoms. The van der Waals surface area contributed by atoms with E-state index >= 15 is 0 Å². The minimum absolute atomic E-state index is 1.16. The zero-order valence-electron chi connectivity index (χ0n) is 38.2. The Labute approximate surface area is 392 Å². The first-order valence-electron chi connectivity index (χ1n) is 22.9. The Kier molecular flexibility index (Phi) is 13.2. The molecule has 0 spiro atoms. The highest BCUT2D eigenvalue weighted by Crippen LogP contribution is 2.36. The van der Waals surface area contributed by atoms with Gasteiger partial charge in [-0.3, -0.25) is 0 Å². The van der Waals surface area contributed by atoms with E-state index in [1.54, 1.807) is 0 Å². The monoisotopic (exact) mass is 846 g/mol. The summed E-state index contributed by atoms with van der Waals surface area (Å²) in [6.07, 6.45) is 13.6. The van der Waals surface area contributed by atoms with Crippen molar-refractivity contribution in [2.75, 3.05) is 0 Å². The van der Waals surface area contributed by atoms with E-state index in [-0.39, 0.29) is 0 Å². The first-order valence-corrected chi connectivity index (χ1v) is 22.9. The fraction of sp³-hybridized carbons (Fsp3) is 0.0606. The lowest BCUT2D eigenvalue weighted by Gasteiger charge is -2.16. The van der Waals surface area contributed by atoms with Crippen LogP contribution in [0.2, 0.25) is 0 Å². The van der Waals surface area contributed by atoms with Crippen LogP contribution in [0.1, 0.15) is 77.9 Å². The SMILES string of the molecule is Cc1ccccc1C(=Cc1ccc(C=Cc2ccccc2-c2cc(C)c(-c3ccccc3C=Cc3ccc(C=C(c4ccccc4)c4ccccc4C)cc3)cc2C)cc1)c1ccccc1. The number of hydrogen-bond acceptors (Lipinski definition) is 0. The van der Waals surface area contributed by atoms with E-state index in [0.717, 1.165) is 11.1 Å². The molecule has 9 aromatic rings. The average molecular weight is 847 g/mol. The Hall–Kier alpha value is -8.06. The van der Waals surface area contributed by atoms with Crippen LogP contribution in [0, 0.1) is 27.7 Å². The molecule has 0 aromatic heterocycles. The van der Waals surface area contributed by atoms with Crippen LogP contribution in [0.15, 0.2) is 218 Å². The van der Waals surface area contributed by atoms with Gasteiger partial charge in [-0.05, 0) is 151 Å². The number of aryl methyl sites for hydroxylation is 4. The van der Waals surface area contributed by atoms with Gasteiger partial charge in [-0.15, -0.1) is 0 Å². The fourth-order valence-corrected chi connectivity index (χ4v) is 8.90. The molecule has 66 heavy (non-hydrogen) atoms. The molecular weight excluding hydrogens is 793 g/mol. The molecule has 0 amide bonds. The number of rotatable bonds is 12. The maximum absolute atomic E-state index is 2.37. The maximum Gasteiger partial charge on any atom is -0.0103 e. The highest BCUT2D eigenvalue weighted by atomic mass is 14.2. The van der Waals surface area contributed by atoms with Crippen molar-refractivity contribution >= 4 is 47.6 Å². The lowest BCUT2D eigenvalue weighted by Crippen LogP contribution is -1.93. The van der Waals surface area contributed by atoms with Gasteiger partial charge in [0.1, 0.15) is 0 Å². The summed E-state index contributed by atoms with van der Waals surface area (Å²) in [7, 11) is 0. The topological polar surface area (TPSA) is 0 Å². The average Bonchev–Trinajstić information content (AvgIpc) is 3.36. The minimum Gasteiger partial charge on any atom is -0.0622 e. The van der Waals surface area contributed by atoms with Crippen LogP contribution < -0.4 is 0 Å². The van der Waals surface area contributed by atoms with Gasteiger partial charge in [0.05, 0.1) is 0 Å². The lowest BCUT2D eigenvalue weighted by molar-refractivity contribution is 1.38. The van der Waals surface area contributed by atoms with Gasteiger partial charge in [0, 0.05) is 0 Å². The second-order valence-corrected chi connectivity index (χ2v) is 17.1. The quantitative estimate of drug-likeness (QED) is 0.107. The molecule has 0 saturated carbocycles. The van der Waals surface area contributed by atoms with Gasteiger partial charge in [0.15, 0.2) is 0 Å². The predicted molar refractivity (Wildman–Crippen MR) is 287 cm³/mol. The summed E-state index contributed by atoms with van der Waals surface area (Å²) in [4.78, 5) is 0. The summed E-state index contributed by atoms with van der Waals surface area (Å²) in [5.41, 5.74) is 24.4. The van der Waals surface area contributed by atoms with Crippen molar-refractivity contribution in [2.24, 2.45) is 0 Å². The number of hydrogen-bond donors (Lipinski definition) is 0. The zero-order chi connectivity index (χ0) is 45.2. The predicted octanol–water partition coefficient (Wildman–Crippen LogP) is 17.8. The molecule has 0 nitrogen and oxygen atoms in total. The second-order valence-electron chi connectivity index (χ2n) is 17.1. The van der Waals surface area contributed by atoms with Gasteiger partial charge in [-0.2, -0.15) is 0 Å². The van der Waals surface area contributed by atoms with Crippen molar-refractivity contribution in [1.29, 1.82) is 0 Å². The molecule has 0 atom stereocenters. The number of benzene rings is 9. The Balaban J connectivity index is 0.943. The Morgan fingerprint density at radius 1 is 0.273 bits per heavy atom. The fourth-order valence-electron chi connectivity index (χ4n) is 8.90. The van der Waals surface area contributed by atoms with Gasteiger partial charge in [0.2, 0.25) is 0 Å². The van der Waals surface area contributed by atoms with Crippen LogP contribution in [-0.4, -0.2) is 0 Å². The van der Waals surface area contributed by atoms with Crippen molar-refractivity contribution in [2.45, 2.75) is 27.7 Å². The van der Waals surface area contributed by atoms with E-state index in [1.165, 1.54) is 100 Å². The molecule has 0 radical (unpaired) electrons. The van der Waals surface area contributed by atoms with Gasteiger partial charge < -0.3 is 0 Å². The molecule has 0 aliphatic carbocycles. The molecule has 0 bridgehead atoms. The van der Waals surface area contributed by atoms with Crippen LogP contribution in [0.25, 0.3) is 69.9 Å². The van der Waals surface area contributed by atoms with Crippen molar-refractivity contribution in [3.8, 4) is 22.3 Å². The third-order valence-corrected chi connectivity index (χ3v) is 12.5. The highest BCUT2D eigenvalue weighted by Gasteiger charge is 2.14. The summed E-state index contributed by atoms with van der Waals surface area (Å²) >= 11 is 0. The van der Waals surface area contributed by atoms with Crippen molar-refractivity contribution in [3.63, 3.8) is 0 Å². The van der Waals surface area contributed by atoms with E-state index in [2.05, 4.69) is 283 Å². The zero-order valence-corrected chi connectivity index (χ0v) is 38.2. The third-order valence-electron chi connectivity index (χ3n) is 12.5. The van der Waals surface area contributed by atoms with E-state index in [1.807, 2.05) is 0 Å². The van der Waals surface area contributed by atoms with Crippen LogP contribution in [0.3, 0.4) is 0 Å². The Bertz CT molecular complexity index is 3010. The van der Waals surface area contributed by atoms with E-state index in [0.29, 0.717) is 0 Å². The van der Waals surface area contributed by atoms with Crippen LogP contribution in [-0.2, 0) is 0 Å². The summed E-state index contributed by atoms with van der Waals surface area (Å²) in [6.45, 7) is 8.84. The van der Waals surface area contributed by atoms with Gasteiger partial charge >= 0.3 is 0 Å². The smallest absolute Gasteiger partial charge is 0.0103 e. The van der Waals surface area contributed by atoms with Gasteiger partial charge in [-0.25, -0.2) is 0 Å². The second kappa shape index (κ2) is 20.2. The largest absolute Gasteiger partial charge is 0.0622 e. The molecule has 0 fully saturated rings. The summed E-state index contributed by atoms with van der Waals surface area (Å²) < 4.78 is 0. The van der Waals surface area contributed by atoms with Gasteiger partial charge in [-0.1, -0.05) is 243 Å². The van der Waals surface area contributed by atoms with Crippen molar-refractivity contribution < 1.29 is 0 Å². The summed E-state index contributed by atoms with van der Waals surface area (Å²) in [6, 6.07) is 78.5. The van der Waals surface area contributed by atoms with Crippen LogP contribution in [0.5, 0.6) is 0 Å². The Morgan fingerprint density at radius 3 is 1.00 bits per heavy atom. The summed E-state index contributed by atoms with van der Waals surface area (Å²) in [5, 5.41) is 0. The highest BCUT2D eigenvalue weighted by molar-refractivity contribution is 5.94. The molecule has 0 aliphatic rings. The van der Waals surface area contributed by atoms with Crippen LogP contribution >= 0.6 is 0 Å². The molecule has 0 N–H and O–H groups in total. The van der Waals surface area contributed by atoms with Gasteiger partial charge in [0.25, 0.3) is 0 Å². The molecule has 9 aromatic carbocycles. The van der Waals surface area contributed by atoms with E-state index < -0.39 is 0 Å². The standard InChI is InChI=1S/C66H54/c1-47-19-11-15-27-59(47)65(55-21-7-5-8-22-55)45-53-35-31-51(32-36-53)39-41-57-25-13-17-29-61(57)63-43-50(4)64(44-49(63)3)62-30-18-14-26-58(62)42-40-52-33-37-54(38-34-52)46-66(56-23-9-6-10-24-56)60-28-16-12-20-48(60)2/h5-46H,1-4H3. The molecule has 0 heterocycles. The summed E-state index contributed by atoms with van der Waals surface area (Å²) in [5.74, 6) is 0. The van der Waals surface area contributed by atoms with E-state index in [9.17, 15) is 0 Å². The maximum atomic E-state index is 2.37. The normalized spacial score (nSPS) is 12.0. The third kappa shape index (κ3) is 10.0. The molecular formula is C66H54. The van der Waals surface area contributed by atoms with Crippen LogP contribution in [0.4, 0.5) is 0 Å². The Morgan fingerprint density at radius 2 is 0.606 bits per heavy atom.